The highest BCUT2D eigenvalue weighted by Gasteiger charge is 2.16. The Bertz CT molecular complexity index is 1270. The number of halogens is 1. The number of carbonyl (C=O) groups excluding carboxylic acids is 1. The summed E-state index contributed by atoms with van der Waals surface area (Å²) < 4.78 is 31.8. The molecule has 1 aromatic heterocycles. The number of hydrogen-bond acceptors (Lipinski definition) is 6. The van der Waals surface area contributed by atoms with E-state index in [0.29, 0.717) is 37.0 Å². The first-order valence-corrected chi connectivity index (χ1v) is 11.1. The lowest BCUT2D eigenvalue weighted by Crippen LogP contribution is -2.13. The van der Waals surface area contributed by atoms with Crippen molar-refractivity contribution in [3.05, 3.63) is 84.2 Å². The fourth-order valence-corrected chi connectivity index (χ4v) is 3.33. The van der Waals surface area contributed by atoms with E-state index in [2.05, 4.69) is 15.4 Å². The molecular formula is C26H25FN4O4. The molecule has 0 atom stereocenters. The van der Waals surface area contributed by atoms with Crippen molar-refractivity contribution in [2.24, 2.45) is 0 Å². The molecule has 180 valence electrons. The molecule has 0 radical (unpaired) electrons. The van der Waals surface area contributed by atoms with Gasteiger partial charge in [0.1, 0.15) is 18.2 Å². The minimum absolute atomic E-state index is 0.0245. The number of aromatic nitrogens is 3. The van der Waals surface area contributed by atoms with Crippen LogP contribution in [0.2, 0.25) is 0 Å². The molecule has 0 unspecified atom stereocenters. The van der Waals surface area contributed by atoms with Gasteiger partial charge in [-0.05, 0) is 67.6 Å². The molecule has 0 saturated carbocycles. The third-order valence-electron chi connectivity index (χ3n) is 5.09. The Hall–Kier alpha value is -4.24. The van der Waals surface area contributed by atoms with Crippen molar-refractivity contribution >= 4 is 11.6 Å². The van der Waals surface area contributed by atoms with E-state index in [0.717, 1.165) is 11.3 Å². The quantitative estimate of drug-likeness (QED) is 0.333. The van der Waals surface area contributed by atoms with Crippen molar-refractivity contribution < 1.29 is 23.4 Å². The van der Waals surface area contributed by atoms with Crippen molar-refractivity contribution in [2.75, 3.05) is 32.2 Å². The van der Waals surface area contributed by atoms with Crippen LogP contribution < -0.4 is 14.8 Å². The van der Waals surface area contributed by atoms with Gasteiger partial charge in [0.15, 0.2) is 5.82 Å². The smallest absolute Gasteiger partial charge is 0.336 e. The first-order valence-electron chi connectivity index (χ1n) is 11.1. The molecule has 0 aliphatic heterocycles. The Balaban J connectivity index is 1.58. The molecule has 8 nitrogen and oxygen atoms in total. The first-order chi connectivity index (χ1) is 17.1. The highest BCUT2D eigenvalue weighted by atomic mass is 19.1. The summed E-state index contributed by atoms with van der Waals surface area (Å²) in [7, 11) is 1.61. The number of anilines is 1. The van der Waals surface area contributed by atoms with Crippen LogP contribution in [0.15, 0.2) is 72.8 Å². The van der Waals surface area contributed by atoms with Gasteiger partial charge in [-0.15, -0.1) is 5.10 Å². The molecule has 3 aromatic carbocycles. The van der Waals surface area contributed by atoms with Gasteiger partial charge in [0.2, 0.25) is 0 Å². The van der Waals surface area contributed by atoms with E-state index in [1.807, 2.05) is 31.2 Å². The van der Waals surface area contributed by atoms with E-state index in [1.54, 1.807) is 42.1 Å². The average Bonchev–Trinajstić information content (AvgIpc) is 3.31. The van der Waals surface area contributed by atoms with E-state index in [-0.39, 0.29) is 11.6 Å². The fourth-order valence-electron chi connectivity index (χ4n) is 3.33. The highest BCUT2D eigenvalue weighted by molar-refractivity contribution is 6.04. The van der Waals surface area contributed by atoms with E-state index in [9.17, 15) is 9.18 Å². The molecule has 0 bridgehead atoms. The number of hydrogen-bond donors (Lipinski definition) is 1. The number of methoxy groups -OCH3 is 1. The lowest BCUT2D eigenvalue weighted by Gasteiger charge is -2.09. The normalized spacial score (nSPS) is 10.7. The van der Waals surface area contributed by atoms with E-state index < -0.39 is 11.7 Å². The van der Waals surface area contributed by atoms with E-state index in [1.165, 1.54) is 18.2 Å². The summed E-state index contributed by atoms with van der Waals surface area (Å²) in [5, 5.41) is 7.21. The Morgan fingerprint density at radius 3 is 2.43 bits per heavy atom. The van der Waals surface area contributed by atoms with Gasteiger partial charge in [0.25, 0.3) is 5.91 Å². The maximum atomic E-state index is 13.9. The van der Waals surface area contributed by atoms with Crippen molar-refractivity contribution in [3.63, 3.8) is 0 Å². The molecule has 0 spiro atoms. The molecule has 0 aliphatic carbocycles. The molecular weight excluding hydrogens is 451 g/mol. The zero-order chi connectivity index (χ0) is 24.6. The molecule has 0 aliphatic rings. The predicted molar refractivity (Wildman–Crippen MR) is 130 cm³/mol. The fraction of sp³-hybridized carbons (Fsp3) is 0.192. The van der Waals surface area contributed by atoms with Gasteiger partial charge < -0.3 is 19.5 Å². The Kier molecular flexibility index (Phi) is 7.69. The minimum Gasteiger partial charge on any atom is -0.497 e. The molecule has 0 fully saturated rings. The second kappa shape index (κ2) is 11.3. The van der Waals surface area contributed by atoms with Gasteiger partial charge >= 0.3 is 6.01 Å². The van der Waals surface area contributed by atoms with Crippen molar-refractivity contribution in [1.82, 2.24) is 14.8 Å². The maximum Gasteiger partial charge on any atom is 0.336 e. The summed E-state index contributed by atoms with van der Waals surface area (Å²) >= 11 is 0. The third kappa shape index (κ3) is 5.82. The van der Waals surface area contributed by atoms with Gasteiger partial charge in [0, 0.05) is 17.9 Å². The molecule has 1 N–H and O–H groups in total. The molecule has 35 heavy (non-hydrogen) atoms. The van der Waals surface area contributed by atoms with Gasteiger partial charge in [0.05, 0.1) is 25.0 Å². The van der Waals surface area contributed by atoms with Crippen LogP contribution in [-0.4, -0.2) is 47.6 Å². The Labute approximate surface area is 202 Å². The number of ether oxygens (including phenoxy) is 3. The average molecular weight is 477 g/mol. The number of nitrogens with one attached hydrogen (secondary N) is 1. The van der Waals surface area contributed by atoms with Crippen molar-refractivity contribution in [2.45, 2.75) is 6.92 Å². The molecule has 1 amide bonds. The number of carbonyl (C=O) groups is 1. The van der Waals surface area contributed by atoms with E-state index >= 15 is 0 Å². The SMILES string of the molecule is CCOCCOc1nc(-c2ccc(OC)cc2)n(-c2ccc(NC(=O)c3ccccc3F)cc2)n1. The van der Waals surface area contributed by atoms with Crippen LogP contribution in [0.4, 0.5) is 10.1 Å². The number of rotatable bonds is 10. The topological polar surface area (TPSA) is 87.5 Å². The second-order valence-corrected chi connectivity index (χ2v) is 7.38. The second-order valence-electron chi connectivity index (χ2n) is 7.38. The van der Waals surface area contributed by atoms with Crippen LogP contribution in [0.3, 0.4) is 0 Å². The molecule has 4 rings (SSSR count). The van der Waals surface area contributed by atoms with Crippen LogP contribution in [0.1, 0.15) is 17.3 Å². The minimum atomic E-state index is -0.578. The largest absolute Gasteiger partial charge is 0.497 e. The van der Waals surface area contributed by atoms with Crippen molar-refractivity contribution in [1.29, 1.82) is 0 Å². The highest BCUT2D eigenvalue weighted by Crippen LogP contribution is 2.26. The zero-order valence-corrected chi connectivity index (χ0v) is 19.4. The summed E-state index contributed by atoms with van der Waals surface area (Å²) in [5.41, 5.74) is 2.01. The lowest BCUT2D eigenvalue weighted by atomic mass is 10.2. The van der Waals surface area contributed by atoms with E-state index in [4.69, 9.17) is 14.2 Å². The van der Waals surface area contributed by atoms with Crippen LogP contribution in [0.5, 0.6) is 11.8 Å². The van der Waals surface area contributed by atoms with Gasteiger partial charge in [-0.2, -0.15) is 4.98 Å². The summed E-state index contributed by atoms with van der Waals surface area (Å²) in [5.74, 6) is 0.191. The van der Waals surface area contributed by atoms with Crippen molar-refractivity contribution in [3.8, 4) is 28.8 Å². The summed E-state index contributed by atoms with van der Waals surface area (Å²) in [6, 6.07) is 20.5. The first kappa shape index (κ1) is 23.9. The molecule has 1 heterocycles. The summed E-state index contributed by atoms with van der Waals surface area (Å²) in [4.78, 5) is 17.0. The maximum absolute atomic E-state index is 13.9. The van der Waals surface area contributed by atoms with Crippen LogP contribution in [-0.2, 0) is 4.74 Å². The van der Waals surface area contributed by atoms with Crippen LogP contribution in [0, 0.1) is 5.82 Å². The Morgan fingerprint density at radius 1 is 1.00 bits per heavy atom. The number of nitrogens with zero attached hydrogens (tertiary/aromatic N) is 3. The van der Waals surface area contributed by atoms with Gasteiger partial charge in [-0.25, -0.2) is 9.07 Å². The molecule has 4 aromatic rings. The van der Waals surface area contributed by atoms with Crippen LogP contribution >= 0.6 is 0 Å². The predicted octanol–water partition coefficient (Wildman–Crippen LogP) is 4.75. The molecule has 0 saturated heterocycles. The van der Waals surface area contributed by atoms with Gasteiger partial charge in [-0.3, -0.25) is 4.79 Å². The van der Waals surface area contributed by atoms with Crippen LogP contribution in [0.25, 0.3) is 17.1 Å². The van der Waals surface area contributed by atoms with Gasteiger partial charge in [-0.1, -0.05) is 12.1 Å². The Morgan fingerprint density at radius 2 is 1.74 bits per heavy atom. The number of amides is 1. The standard InChI is InChI=1S/C26H25FN4O4/c1-3-34-16-17-35-26-29-24(18-8-14-21(33-2)15-9-18)31(30-26)20-12-10-19(11-13-20)28-25(32)22-6-4-5-7-23(22)27/h4-15H,3,16-17H2,1-2H3,(H,28,32). The number of benzene rings is 3. The monoisotopic (exact) mass is 476 g/mol. The zero-order valence-electron chi connectivity index (χ0n) is 19.4. The molecule has 9 heteroatoms. The third-order valence-corrected chi connectivity index (χ3v) is 5.09. The summed E-state index contributed by atoms with van der Waals surface area (Å²) in [6.07, 6.45) is 0. The lowest BCUT2D eigenvalue weighted by molar-refractivity contribution is 0.102. The summed E-state index contributed by atoms with van der Waals surface area (Å²) in [6.45, 7) is 3.26.